The number of benzene rings is 2. The Morgan fingerprint density at radius 2 is 1.67 bits per heavy atom. The maximum absolute atomic E-state index is 3.40. The number of nitrogens with zero attached hydrogens (tertiary/aromatic N) is 1. The first-order chi connectivity index (χ1) is 11.5. The van der Waals surface area contributed by atoms with Crippen LogP contribution in [0.15, 0.2) is 60.4 Å². The first kappa shape index (κ1) is 18.5. The molecule has 2 rings (SSSR count). The minimum absolute atomic E-state index is 0.379. The number of rotatable bonds is 5. The van der Waals surface area contributed by atoms with E-state index in [1.807, 2.05) is 6.92 Å². The molecule has 24 heavy (non-hydrogen) atoms. The number of hydrogen-bond acceptors (Lipinski definition) is 1. The third-order valence-electron chi connectivity index (χ3n) is 4.20. The smallest absolute Gasteiger partial charge is 0.0319 e. The molecule has 2 aromatic rings. The van der Waals surface area contributed by atoms with Gasteiger partial charge in [0.25, 0.3) is 0 Å². The summed E-state index contributed by atoms with van der Waals surface area (Å²) < 4.78 is 0. The van der Waals surface area contributed by atoms with Crippen LogP contribution < -0.4 is 5.30 Å². The Morgan fingerprint density at radius 3 is 2.29 bits per heavy atom. The van der Waals surface area contributed by atoms with Gasteiger partial charge in [0.05, 0.1) is 0 Å². The quantitative estimate of drug-likeness (QED) is 0.518. The van der Waals surface area contributed by atoms with Crippen molar-refractivity contribution in [3.8, 4) is 11.6 Å². The predicted octanol–water partition coefficient (Wildman–Crippen LogP) is 5.46. The highest BCUT2D eigenvalue weighted by atomic mass is 31.1. The fourth-order valence-corrected chi connectivity index (χ4v) is 4.25. The van der Waals surface area contributed by atoms with Gasteiger partial charge in [0.2, 0.25) is 0 Å². The van der Waals surface area contributed by atoms with E-state index in [9.17, 15) is 0 Å². The minimum atomic E-state index is -0.603. The van der Waals surface area contributed by atoms with Crippen molar-refractivity contribution in [3.63, 3.8) is 0 Å². The van der Waals surface area contributed by atoms with Crippen LogP contribution in [0, 0.1) is 11.6 Å². The van der Waals surface area contributed by atoms with E-state index in [1.165, 1.54) is 22.0 Å². The molecule has 0 saturated heterocycles. The molecule has 0 aliphatic carbocycles. The third kappa shape index (κ3) is 4.57. The van der Waals surface area contributed by atoms with Crippen molar-refractivity contribution in [2.75, 3.05) is 14.1 Å². The van der Waals surface area contributed by atoms with Crippen molar-refractivity contribution in [3.05, 3.63) is 71.5 Å². The lowest BCUT2D eigenvalue weighted by atomic mass is 9.97. The molecule has 0 aliphatic heterocycles. The highest BCUT2D eigenvalue weighted by molar-refractivity contribution is 7.73. The highest BCUT2D eigenvalue weighted by Gasteiger charge is 2.14. The van der Waals surface area contributed by atoms with Gasteiger partial charge in [0.1, 0.15) is 0 Å². The molecule has 0 amide bonds. The molecule has 0 saturated carbocycles. The molecule has 0 bridgehead atoms. The van der Waals surface area contributed by atoms with Crippen LogP contribution in [-0.2, 0) is 0 Å². The van der Waals surface area contributed by atoms with E-state index >= 15 is 0 Å². The Bertz CT molecular complexity index is 750. The Kier molecular flexibility index (Phi) is 6.80. The van der Waals surface area contributed by atoms with Crippen LogP contribution in [0.25, 0.3) is 5.57 Å². The van der Waals surface area contributed by atoms with Crippen LogP contribution in [0.4, 0.5) is 0 Å². The fourth-order valence-electron chi connectivity index (χ4n) is 2.64. The first-order valence-electron chi connectivity index (χ1n) is 8.25. The van der Waals surface area contributed by atoms with Gasteiger partial charge in [0, 0.05) is 14.0 Å². The fraction of sp³-hybridized carbons (Fsp3) is 0.273. The molecular formula is C22H26NP. The Morgan fingerprint density at radius 1 is 1.04 bits per heavy atom. The van der Waals surface area contributed by atoms with Gasteiger partial charge < -0.3 is 4.90 Å². The average molecular weight is 335 g/mol. The monoisotopic (exact) mass is 335 g/mol. The summed E-state index contributed by atoms with van der Waals surface area (Å²) in [4.78, 5) is 2.25. The zero-order valence-corrected chi connectivity index (χ0v) is 16.1. The van der Waals surface area contributed by atoms with E-state index in [-0.39, 0.29) is 0 Å². The van der Waals surface area contributed by atoms with Gasteiger partial charge in [-0.1, -0.05) is 60.3 Å². The van der Waals surface area contributed by atoms with Gasteiger partial charge in [-0.2, -0.15) is 0 Å². The van der Waals surface area contributed by atoms with Gasteiger partial charge in [-0.25, -0.2) is 0 Å². The van der Waals surface area contributed by atoms with Crippen LogP contribution in [0.5, 0.6) is 0 Å². The molecule has 0 radical (unpaired) electrons. The molecule has 2 heteroatoms. The van der Waals surface area contributed by atoms with E-state index in [2.05, 4.69) is 105 Å². The van der Waals surface area contributed by atoms with Crippen LogP contribution >= 0.6 is 7.92 Å². The molecule has 1 unspecified atom stereocenters. The van der Waals surface area contributed by atoms with E-state index in [1.54, 1.807) is 0 Å². The van der Waals surface area contributed by atoms with Crippen molar-refractivity contribution >= 4 is 18.8 Å². The second-order valence-corrected chi connectivity index (χ2v) is 7.84. The first-order valence-corrected chi connectivity index (χ1v) is 9.66. The summed E-state index contributed by atoms with van der Waals surface area (Å²) in [6.07, 6.45) is 0. The van der Waals surface area contributed by atoms with Crippen LogP contribution in [0.2, 0.25) is 0 Å². The molecule has 124 valence electrons. The average Bonchev–Trinajstić information content (AvgIpc) is 2.61. The molecule has 0 N–H and O–H groups in total. The normalized spacial score (nSPS) is 14.0. The predicted molar refractivity (Wildman–Crippen MR) is 109 cm³/mol. The largest absolute Gasteiger partial charge is 0.303 e. The lowest BCUT2D eigenvalue weighted by Gasteiger charge is -2.23. The number of allylic oxidation sites excluding steroid dienone is 1. The van der Waals surface area contributed by atoms with Crippen molar-refractivity contribution in [2.24, 2.45) is 0 Å². The van der Waals surface area contributed by atoms with Gasteiger partial charge >= 0.3 is 0 Å². The summed E-state index contributed by atoms with van der Waals surface area (Å²) in [5.41, 5.74) is 7.39. The lowest BCUT2D eigenvalue weighted by molar-refractivity contribution is 0.321. The molecule has 0 aliphatic rings. The molecule has 1 nitrogen and oxygen atoms in total. The summed E-state index contributed by atoms with van der Waals surface area (Å²) >= 11 is 0. The molecule has 2 aromatic carbocycles. The highest BCUT2D eigenvalue weighted by Crippen LogP contribution is 2.39. The van der Waals surface area contributed by atoms with Gasteiger partial charge in [-0.3, -0.25) is 0 Å². The molecule has 2 atom stereocenters. The Labute approximate surface area is 148 Å². The van der Waals surface area contributed by atoms with Crippen molar-refractivity contribution < 1.29 is 0 Å². The standard InChI is InChI=1S/C22H26NP/c1-6-16-24(20-12-8-7-9-13-20)17-18(2)21-14-10-11-15-22(21)19(3)23(4)5/h7-15,17,19H,1-5H3/t19-,24?/m0/s1. The van der Waals surface area contributed by atoms with E-state index < -0.39 is 7.92 Å². The van der Waals surface area contributed by atoms with E-state index in [4.69, 9.17) is 0 Å². The lowest BCUT2D eigenvalue weighted by Crippen LogP contribution is -2.17. The van der Waals surface area contributed by atoms with Crippen LogP contribution in [0.3, 0.4) is 0 Å². The molecule has 0 spiro atoms. The molecule has 0 heterocycles. The van der Waals surface area contributed by atoms with E-state index in [0.29, 0.717) is 6.04 Å². The topological polar surface area (TPSA) is 3.24 Å². The molecule has 0 aromatic heterocycles. The summed E-state index contributed by atoms with van der Waals surface area (Å²) in [5, 5.41) is 1.30. The maximum atomic E-state index is 3.40. The Balaban J connectivity index is 2.44. The zero-order chi connectivity index (χ0) is 17.5. The SMILES string of the molecule is CC#CP(C=C(C)c1ccccc1[C@H](C)N(C)C)c1ccccc1. The second-order valence-electron chi connectivity index (χ2n) is 6.11. The van der Waals surface area contributed by atoms with Gasteiger partial charge in [-0.05, 0) is 62.7 Å². The molecular weight excluding hydrogens is 309 g/mol. The third-order valence-corrected chi connectivity index (χ3v) is 6.16. The second kappa shape index (κ2) is 8.84. The van der Waals surface area contributed by atoms with Gasteiger partial charge in [-0.15, -0.1) is 5.92 Å². The zero-order valence-electron chi connectivity index (χ0n) is 15.2. The maximum Gasteiger partial charge on any atom is 0.0319 e. The summed E-state index contributed by atoms with van der Waals surface area (Å²) in [6, 6.07) is 19.7. The van der Waals surface area contributed by atoms with Crippen molar-refractivity contribution in [1.29, 1.82) is 0 Å². The molecule has 0 fully saturated rings. The summed E-state index contributed by atoms with van der Waals surface area (Å²) in [7, 11) is 3.65. The van der Waals surface area contributed by atoms with Crippen LogP contribution in [0.1, 0.15) is 37.9 Å². The minimum Gasteiger partial charge on any atom is -0.303 e. The number of hydrogen-bond donors (Lipinski definition) is 0. The van der Waals surface area contributed by atoms with Crippen LogP contribution in [-0.4, -0.2) is 19.0 Å². The summed E-state index contributed by atoms with van der Waals surface area (Å²) in [6.45, 7) is 6.37. The van der Waals surface area contributed by atoms with Gasteiger partial charge in [0.15, 0.2) is 0 Å². The van der Waals surface area contributed by atoms with E-state index in [0.717, 1.165) is 0 Å². The summed E-state index contributed by atoms with van der Waals surface area (Å²) in [5.74, 6) is 5.45. The van der Waals surface area contributed by atoms with Crippen molar-refractivity contribution in [1.82, 2.24) is 4.90 Å². The van der Waals surface area contributed by atoms with Crippen molar-refractivity contribution in [2.45, 2.75) is 26.8 Å². The Hall–Kier alpha value is -1.87.